The van der Waals surface area contributed by atoms with Crippen LogP contribution in [-0.4, -0.2) is 55.7 Å². The SMILES string of the molecule is CCC(NC(=O)CSc1ccc(S(=O)(=O)N2CCOCC2)cn1)c1ccc(Cl)cc1. The predicted octanol–water partition coefficient (Wildman–Crippen LogP) is 3.12. The quantitative estimate of drug-likeness (QED) is 0.597. The summed E-state index contributed by atoms with van der Waals surface area (Å²) >= 11 is 7.18. The minimum absolute atomic E-state index is 0.0932. The van der Waals surface area contributed by atoms with E-state index in [1.165, 1.54) is 28.3 Å². The van der Waals surface area contributed by atoms with E-state index >= 15 is 0 Å². The largest absolute Gasteiger partial charge is 0.379 e. The maximum Gasteiger partial charge on any atom is 0.244 e. The number of rotatable bonds is 8. The summed E-state index contributed by atoms with van der Waals surface area (Å²) in [4.78, 5) is 16.7. The van der Waals surface area contributed by atoms with Crippen LogP contribution in [0.2, 0.25) is 5.02 Å². The first-order valence-corrected chi connectivity index (χ1v) is 12.4. The average molecular weight is 470 g/mol. The van der Waals surface area contributed by atoms with Crippen molar-refractivity contribution in [1.29, 1.82) is 0 Å². The van der Waals surface area contributed by atoms with Crippen LogP contribution in [0.5, 0.6) is 0 Å². The Bertz CT molecular complexity index is 947. The second kappa shape index (κ2) is 10.6. The van der Waals surface area contributed by atoms with E-state index in [4.69, 9.17) is 16.3 Å². The second-order valence-corrected chi connectivity index (χ2v) is 10.1. The number of pyridine rings is 1. The van der Waals surface area contributed by atoms with Crippen LogP contribution in [0.4, 0.5) is 0 Å². The monoisotopic (exact) mass is 469 g/mol. The molecule has 10 heteroatoms. The zero-order valence-corrected chi connectivity index (χ0v) is 19.0. The fourth-order valence-electron chi connectivity index (χ4n) is 3.03. The first-order valence-electron chi connectivity index (χ1n) is 9.61. The molecule has 162 valence electrons. The molecule has 1 aromatic heterocycles. The van der Waals surface area contributed by atoms with Crippen molar-refractivity contribution < 1.29 is 17.9 Å². The highest BCUT2D eigenvalue weighted by molar-refractivity contribution is 7.99. The molecule has 1 fully saturated rings. The molecular weight excluding hydrogens is 446 g/mol. The Morgan fingerprint density at radius 1 is 1.23 bits per heavy atom. The summed E-state index contributed by atoms with van der Waals surface area (Å²) in [6, 6.07) is 10.5. The van der Waals surface area contributed by atoms with Gasteiger partial charge < -0.3 is 10.1 Å². The summed E-state index contributed by atoms with van der Waals surface area (Å²) in [5, 5.41) is 4.25. The van der Waals surface area contributed by atoms with Crippen LogP contribution >= 0.6 is 23.4 Å². The van der Waals surface area contributed by atoms with Crippen LogP contribution in [0.15, 0.2) is 52.5 Å². The van der Waals surface area contributed by atoms with E-state index in [-0.39, 0.29) is 22.6 Å². The van der Waals surface area contributed by atoms with Crippen LogP contribution in [0.25, 0.3) is 0 Å². The number of carbonyl (C=O) groups is 1. The van der Waals surface area contributed by atoms with Gasteiger partial charge in [-0.3, -0.25) is 4.79 Å². The third kappa shape index (κ3) is 5.95. The van der Waals surface area contributed by atoms with Gasteiger partial charge in [-0.2, -0.15) is 4.31 Å². The van der Waals surface area contributed by atoms with Gasteiger partial charge in [0.15, 0.2) is 0 Å². The number of sulfonamides is 1. The topological polar surface area (TPSA) is 88.6 Å². The molecular formula is C20H24ClN3O4S2. The van der Waals surface area contributed by atoms with Crippen LogP contribution in [0.3, 0.4) is 0 Å². The van der Waals surface area contributed by atoms with E-state index < -0.39 is 10.0 Å². The van der Waals surface area contributed by atoms with Crippen molar-refractivity contribution in [2.75, 3.05) is 32.1 Å². The summed E-state index contributed by atoms with van der Waals surface area (Å²) in [6.45, 7) is 3.47. The van der Waals surface area contributed by atoms with Gasteiger partial charge in [-0.15, -0.1) is 0 Å². The standard InChI is InChI=1S/C20H24ClN3O4S2/c1-2-18(15-3-5-16(21)6-4-15)23-19(25)14-29-20-8-7-17(13-22-20)30(26,27)24-9-11-28-12-10-24/h3-8,13,18H,2,9-12,14H2,1H3,(H,23,25). The number of nitrogens with one attached hydrogen (secondary N) is 1. The Balaban J connectivity index is 1.55. The molecule has 2 aromatic rings. The van der Waals surface area contributed by atoms with Gasteiger partial charge in [-0.1, -0.05) is 42.4 Å². The lowest BCUT2D eigenvalue weighted by molar-refractivity contribution is -0.119. The lowest BCUT2D eigenvalue weighted by Crippen LogP contribution is -2.40. The molecule has 0 bridgehead atoms. The maximum absolute atomic E-state index is 12.6. The Morgan fingerprint density at radius 3 is 2.53 bits per heavy atom. The number of hydrogen-bond acceptors (Lipinski definition) is 6. The molecule has 30 heavy (non-hydrogen) atoms. The van der Waals surface area contributed by atoms with Crippen molar-refractivity contribution in [2.45, 2.75) is 29.3 Å². The lowest BCUT2D eigenvalue weighted by atomic mass is 10.0. The molecule has 2 heterocycles. The van der Waals surface area contributed by atoms with Crippen LogP contribution in [-0.2, 0) is 19.6 Å². The van der Waals surface area contributed by atoms with Crippen molar-refractivity contribution >= 4 is 39.3 Å². The van der Waals surface area contributed by atoms with Gasteiger partial charge in [0.2, 0.25) is 15.9 Å². The van der Waals surface area contributed by atoms with E-state index in [2.05, 4.69) is 10.3 Å². The van der Waals surface area contributed by atoms with Gasteiger partial charge in [0, 0.05) is 24.3 Å². The zero-order chi connectivity index (χ0) is 21.6. The Hall–Kier alpha value is -1.65. The van der Waals surface area contributed by atoms with E-state index in [9.17, 15) is 13.2 Å². The molecule has 1 aliphatic heterocycles. The number of halogens is 1. The fraction of sp³-hybridized carbons (Fsp3) is 0.400. The number of carbonyl (C=O) groups excluding carboxylic acids is 1. The number of thioether (sulfide) groups is 1. The summed E-state index contributed by atoms with van der Waals surface area (Å²) < 4.78 is 31.9. The summed E-state index contributed by atoms with van der Waals surface area (Å²) in [5.74, 6) is 0.0701. The molecule has 1 N–H and O–H groups in total. The van der Waals surface area contributed by atoms with E-state index in [0.717, 1.165) is 12.0 Å². The zero-order valence-electron chi connectivity index (χ0n) is 16.6. The lowest BCUT2D eigenvalue weighted by Gasteiger charge is -2.25. The van der Waals surface area contributed by atoms with Gasteiger partial charge >= 0.3 is 0 Å². The molecule has 0 radical (unpaired) electrons. The van der Waals surface area contributed by atoms with Gasteiger partial charge in [-0.25, -0.2) is 13.4 Å². The third-order valence-corrected chi connectivity index (χ3v) is 7.76. The predicted molar refractivity (Wildman–Crippen MR) is 117 cm³/mol. The highest BCUT2D eigenvalue weighted by Crippen LogP contribution is 2.22. The molecule has 1 aromatic carbocycles. The molecule has 1 unspecified atom stereocenters. The van der Waals surface area contributed by atoms with Gasteiger partial charge in [0.25, 0.3) is 0 Å². The van der Waals surface area contributed by atoms with E-state index in [0.29, 0.717) is 36.4 Å². The molecule has 3 rings (SSSR count). The molecule has 1 amide bonds. The second-order valence-electron chi connectivity index (χ2n) is 6.72. The normalized spacial score (nSPS) is 16.2. The third-order valence-electron chi connectivity index (χ3n) is 4.68. The Morgan fingerprint density at radius 2 is 1.93 bits per heavy atom. The first-order chi connectivity index (χ1) is 14.4. The minimum atomic E-state index is -3.57. The van der Waals surface area contributed by atoms with Crippen LogP contribution < -0.4 is 5.32 Å². The van der Waals surface area contributed by atoms with Crippen molar-refractivity contribution in [3.8, 4) is 0 Å². The van der Waals surface area contributed by atoms with E-state index in [1.54, 1.807) is 18.2 Å². The number of hydrogen-bond donors (Lipinski definition) is 1. The van der Waals surface area contributed by atoms with Crippen molar-refractivity contribution in [3.05, 3.63) is 53.2 Å². The number of aromatic nitrogens is 1. The van der Waals surface area contributed by atoms with Gasteiger partial charge in [0.1, 0.15) is 4.90 Å². The molecule has 0 spiro atoms. The summed E-state index contributed by atoms with van der Waals surface area (Å²) in [5.41, 5.74) is 0.996. The fourth-order valence-corrected chi connectivity index (χ4v) is 5.17. The molecule has 1 aliphatic rings. The number of amides is 1. The van der Waals surface area contributed by atoms with Gasteiger partial charge in [-0.05, 0) is 36.2 Å². The number of morpholine rings is 1. The Labute approximate surface area is 186 Å². The first kappa shape index (κ1) is 23.0. The van der Waals surface area contributed by atoms with E-state index in [1.807, 2.05) is 19.1 Å². The molecule has 0 aliphatic carbocycles. The average Bonchev–Trinajstić information content (AvgIpc) is 2.77. The smallest absolute Gasteiger partial charge is 0.244 e. The molecule has 0 saturated carbocycles. The molecule has 1 saturated heterocycles. The van der Waals surface area contributed by atoms with Crippen molar-refractivity contribution in [3.63, 3.8) is 0 Å². The maximum atomic E-state index is 12.6. The summed E-state index contributed by atoms with van der Waals surface area (Å²) in [7, 11) is -3.57. The number of ether oxygens (including phenoxy) is 1. The highest BCUT2D eigenvalue weighted by Gasteiger charge is 2.26. The number of benzene rings is 1. The van der Waals surface area contributed by atoms with Crippen LogP contribution in [0, 0.1) is 0 Å². The number of nitrogens with zero attached hydrogens (tertiary/aromatic N) is 2. The van der Waals surface area contributed by atoms with Crippen molar-refractivity contribution in [1.82, 2.24) is 14.6 Å². The van der Waals surface area contributed by atoms with Crippen molar-refractivity contribution in [2.24, 2.45) is 0 Å². The minimum Gasteiger partial charge on any atom is -0.379 e. The molecule has 1 atom stereocenters. The van der Waals surface area contributed by atoms with Gasteiger partial charge in [0.05, 0.1) is 30.0 Å². The summed E-state index contributed by atoms with van der Waals surface area (Å²) in [6.07, 6.45) is 2.10. The van der Waals surface area contributed by atoms with Crippen LogP contribution in [0.1, 0.15) is 24.9 Å². The highest BCUT2D eigenvalue weighted by atomic mass is 35.5. The molecule has 7 nitrogen and oxygen atoms in total. The Kier molecular flexibility index (Phi) is 8.13.